The quantitative estimate of drug-likeness (QED) is 0.491. The third-order valence-corrected chi connectivity index (χ3v) is 2.85. The Balaban J connectivity index is 2.87. The first kappa shape index (κ1) is 14.4. The molecule has 5 nitrogen and oxygen atoms in total. The summed E-state index contributed by atoms with van der Waals surface area (Å²) in [6.45, 7) is 1.93. The molecule has 1 N–H and O–H groups in total. The minimum absolute atomic E-state index is 0.0604. The maximum atomic E-state index is 12.0. The highest BCUT2D eigenvalue weighted by atomic mass is 35.5. The van der Waals surface area contributed by atoms with E-state index in [-0.39, 0.29) is 17.3 Å². The van der Waals surface area contributed by atoms with Crippen LogP contribution in [-0.4, -0.2) is 22.8 Å². The summed E-state index contributed by atoms with van der Waals surface area (Å²) < 4.78 is 0. The molecule has 1 unspecified atom stereocenters. The van der Waals surface area contributed by atoms with Gasteiger partial charge < -0.3 is 5.32 Å². The molecule has 1 rings (SSSR count). The maximum absolute atomic E-state index is 12.0. The number of amides is 1. The van der Waals surface area contributed by atoms with Gasteiger partial charge in [0.25, 0.3) is 11.6 Å². The first-order chi connectivity index (χ1) is 8.60. The molecule has 0 bridgehead atoms. The summed E-state index contributed by atoms with van der Waals surface area (Å²) in [5.74, 6) is 0.00891. The molecule has 1 aromatic rings. The average Bonchev–Trinajstić information content (AvgIpc) is 2.38. The van der Waals surface area contributed by atoms with Crippen LogP contribution >= 0.6 is 11.6 Å². The van der Waals surface area contributed by atoms with E-state index < -0.39 is 10.8 Å². The Morgan fingerprint density at radius 2 is 2.17 bits per heavy atom. The highest BCUT2D eigenvalue weighted by molar-refractivity contribution is 6.17. The molecule has 0 radical (unpaired) electrons. The highest BCUT2D eigenvalue weighted by Gasteiger charge is 2.20. The number of rotatable bonds is 6. The van der Waals surface area contributed by atoms with Gasteiger partial charge in [-0.25, -0.2) is 0 Å². The molecule has 0 heterocycles. The lowest BCUT2D eigenvalue weighted by Gasteiger charge is -2.15. The van der Waals surface area contributed by atoms with Gasteiger partial charge in [0.2, 0.25) is 0 Å². The van der Waals surface area contributed by atoms with Crippen LogP contribution in [0.2, 0.25) is 0 Å². The molecule has 0 aliphatic heterocycles. The lowest BCUT2D eigenvalue weighted by Crippen LogP contribution is -2.35. The highest BCUT2D eigenvalue weighted by Crippen LogP contribution is 2.17. The fraction of sp³-hybridized carbons (Fsp3) is 0.417. The number of carbonyl (C=O) groups excluding carboxylic acids is 1. The molecule has 0 saturated heterocycles. The van der Waals surface area contributed by atoms with Crippen molar-refractivity contribution in [1.29, 1.82) is 0 Å². The number of para-hydroxylation sites is 1. The summed E-state index contributed by atoms with van der Waals surface area (Å²) in [7, 11) is 0. The number of carbonyl (C=O) groups is 1. The van der Waals surface area contributed by atoms with Crippen LogP contribution in [0.15, 0.2) is 24.3 Å². The Bertz CT molecular complexity index is 437. The van der Waals surface area contributed by atoms with Crippen LogP contribution in [-0.2, 0) is 0 Å². The van der Waals surface area contributed by atoms with E-state index in [1.807, 2.05) is 6.92 Å². The van der Waals surface area contributed by atoms with E-state index in [1.165, 1.54) is 18.2 Å². The second-order valence-electron chi connectivity index (χ2n) is 3.83. The molecule has 0 aromatic heterocycles. The number of alkyl halides is 1. The van der Waals surface area contributed by atoms with Gasteiger partial charge in [0.1, 0.15) is 5.56 Å². The second kappa shape index (κ2) is 6.96. The summed E-state index contributed by atoms with van der Waals surface area (Å²) in [5.41, 5.74) is -0.105. The van der Waals surface area contributed by atoms with Crippen LogP contribution < -0.4 is 5.32 Å². The van der Waals surface area contributed by atoms with Crippen molar-refractivity contribution in [2.24, 2.45) is 0 Å². The van der Waals surface area contributed by atoms with Crippen LogP contribution in [0.3, 0.4) is 0 Å². The molecule has 1 atom stereocenters. The Labute approximate surface area is 110 Å². The van der Waals surface area contributed by atoms with E-state index >= 15 is 0 Å². The van der Waals surface area contributed by atoms with Gasteiger partial charge in [0.05, 0.1) is 4.92 Å². The predicted octanol–water partition coefficient (Wildman–Crippen LogP) is 2.73. The van der Waals surface area contributed by atoms with Crippen LogP contribution in [0.1, 0.15) is 30.1 Å². The van der Waals surface area contributed by atoms with Crippen molar-refractivity contribution in [3.63, 3.8) is 0 Å². The first-order valence-corrected chi connectivity index (χ1v) is 6.23. The zero-order chi connectivity index (χ0) is 13.5. The Kier molecular flexibility index (Phi) is 5.58. The van der Waals surface area contributed by atoms with Gasteiger partial charge in [0.15, 0.2) is 0 Å². The normalized spacial score (nSPS) is 11.9. The number of nitro groups is 1. The standard InChI is InChI=1S/C12H15ClN2O3/c1-2-9(7-8-13)14-12(16)10-5-3-4-6-11(10)15(17)18/h3-6,9H,2,7-8H2,1H3,(H,14,16). The third-order valence-electron chi connectivity index (χ3n) is 2.63. The van der Waals surface area contributed by atoms with Crippen molar-refractivity contribution in [2.75, 3.05) is 5.88 Å². The van der Waals surface area contributed by atoms with E-state index in [0.717, 1.165) is 6.42 Å². The van der Waals surface area contributed by atoms with Crippen molar-refractivity contribution in [1.82, 2.24) is 5.32 Å². The number of nitro benzene ring substituents is 1. The van der Waals surface area contributed by atoms with Crippen LogP contribution in [0, 0.1) is 10.1 Å². The van der Waals surface area contributed by atoms with Crippen molar-refractivity contribution in [3.05, 3.63) is 39.9 Å². The SMILES string of the molecule is CCC(CCCl)NC(=O)c1ccccc1[N+](=O)[O-]. The van der Waals surface area contributed by atoms with E-state index in [9.17, 15) is 14.9 Å². The lowest BCUT2D eigenvalue weighted by atomic mass is 10.1. The largest absolute Gasteiger partial charge is 0.349 e. The average molecular weight is 271 g/mol. The minimum atomic E-state index is -0.558. The number of halogens is 1. The summed E-state index contributed by atoms with van der Waals surface area (Å²) in [6.07, 6.45) is 1.38. The molecule has 1 amide bonds. The number of benzene rings is 1. The fourth-order valence-electron chi connectivity index (χ4n) is 1.60. The molecule has 0 saturated carbocycles. The number of nitrogens with one attached hydrogen (secondary N) is 1. The Hall–Kier alpha value is -1.62. The second-order valence-corrected chi connectivity index (χ2v) is 4.21. The number of nitrogens with zero attached hydrogens (tertiary/aromatic N) is 1. The molecule has 98 valence electrons. The molecular weight excluding hydrogens is 256 g/mol. The van der Waals surface area contributed by atoms with Gasteiger partial charge in [-0.1, -0.05) is 19.1 Å². The summed E-state index contributed by atoms with van der Waals surface area (Å²) in [4.78, 5) is 22.2. The monoisotopic (exact) mass is 270 g/mol. The molecule has 0 aliphatic carbocycles. The summed E-state index contributed by atoms with van der Waals surface area (Å²) in [5, 5.41) is 13.6. The molecular formula is C12H15ClN2O3. The number of hydrogen-bond donors (Lipinski definition) is 1. The maximum Gasteiger partial charge on any atom is 0.282 e. The van der Waals surface area contributed by atoms with Gasteiger partial charge in [0, 0.05) is 18.0 Å². The zero-order valence-corrected chi connectivity index (χ0v) is 10.8. The predicted molar refractivity (Wildman–Crippen MR) is 70.0 cm³/mol. The molecule has 0 spiro atoms. The van der Waals surface area contributed by atoms with Crippen LogP contribution in [0.5, 0.6) is 0 Å². The van der Waals surface area contributed by atoms with Crippen molar-refractivity contribution >= 4 is 23.2 Å². The molecule has 1 aromatic carbocycles. The van der Waals surface area contributed by atoms with Gasteiger partial charge in [-0.15, -0.1) is 11.6 Å². The van der Waals surface area contributed by atoms with E-state index in [2.05, 4.69) is 5.32 Å². The molecule has 0 fully saturated rings. The van der Waals surface area contributed by atoms with Crippen molar-refractivity contribution in [3.8, 4) is 0 Å². The first-order valence-electron chi connectivity index (χ1n) is 5.70. The van der Waals surface area contributed by atoms with E-state index in [0.29, 0.717) is 12.3 Å². The zero-order valence-electron chi connectivity index (χ0n) is 10.1. The third kappa shape index (κ3) is 3.70. The fourth-order valence-corrected chi connectivity index (χ4v) is 1.86. The van der Waals surface area contributed by atoms with Gasteiger partial charge in [-0.3, -0.25) is 14.9 Å². The summed E-state index contributed by atoms with van der Waals surface area (Å²) in [6, 6.07) is 5.84. The molecule has 0 aliphatic rings. The topological polar surface area (TPSA) is 72.2 Å². The van der Waals surface area contributed by atoms with Gasteiger partial charge in [-0.2, -0.15) is 0 Å². The Morgan fingerprint density at radius 1 is 1.50 bits per heavy atom. The van der Waals surface area contributed by atoms with E-state index in [4.69, 9.17) is 11.6 Å². The Morgan fingerprint density at radius 3 is 2.72 bits per heavy atom. The molecule has 18 heavy (non-hydrogen) atoms. The van der Waals surface area contributed by atoms with Gasteiger partial charge >= 0.3 is 0 Å². The van der Waals surface area contributed by atoms with Gasteiger partial charge in [-0.05, 0) is 18.9 Å². The van der Waals surface area contributed by atoms with Crippen molar-refractivity contribution < 1.29 is 9.72 Å². The van der Waals surface area contributed by atoms with E-state index in [1.54, 1.807) is 6.07 Å². The molecule has 6 heteroatoms. The smallest absolute Gasteiger partial charge is 0.282 e. The van der Waals surface area contributed by atoms with Crippen molar-refractivity contribution in [2.45, 2.75) is 25.8 Å². The summed E-state index contributed by atoms with van der Waals surface area (Å²) >= 11 is 5.63. The lowest BCUT2D eigenvalue weighted by molar-refractivity contribution is -0.385. The minimum Gasteiger partial charge on any atom is -0.349 e. The van der Waals surface area contributed by atoms with Crippen LogP contribution in [0.25, 0.3) is 0 Å². The van der Waals surface area contributed by atoms with Crippen LogP contribution in [0.4, 0.5) is 5.69 Å². The number of hydrogen-bond acceptors (Lipinski definition) is 3.